The van der Waals surface area contributed by atoms with Crippen molar-refractivity contribution >= 4 is 17.5 Å². The molecule has 2 aromatic rings. The molecule has 1 aliphatic rings. The number of hydrogen-bond donors (Lipinski definition) is 2. The van der Waals surface area contributed by atoms with Crippen molar-refractivity contribution in [3.8, 4) is 0 Å². The zero-order valence-corrected chi connectivity index (χ0v) is 11.6. The summed E-state index contributed by atoms with van der Waals surface area (Å²) < 4.78 is 0. The van der Waals surface area contributed by atoms with E-state index in [2.05, 4.69) is 25.8 Å². The minimum Gasteiger partial charge on any atom is -0.364 e. The number of carbonyl (C=O) groups excluding carboxylic acids is 1. The molecule has 0 radical (unpaired) electrons. The molecule has 0 saturated heterocycles. The van der Waals surface area contributed by atoms with Gasteiger partial charge in [0.05, 0.1) is 0 Å². The lowest BCUT2D eigenvalue weighted by Gasteiger charge is -2.23. The third kappa shape index (κ3) is 3.53. The highest BCUT2D eigenvalue weighted by Crippen LogP contribution is 2.27. The quantitative estimate of drug-likeness (QED) is 0.879. The molecule has 1 fully saturated rings. The molecule has 1 saturated carbocycles. The Labute approximate surface area is 123 Å². The number of nitrogens with zero attached hydrogens (tertiary/aromatic N) is 3. The van der Waals surface area contributed by atoms with Gasteiger partial charge >= 0.3 is 0 Å². The molecular formula is C15H17N5O. The molecular weight excluding hydrogens is 266 g/mol. The molecule has 108 valence electrons. The van der Waals surface area contributed by atoms with Crippen molar-refractivity contribution in [2.45, 2.75) is 25.8 Å². The van der Waals surface area contributed by atoms with Crippen LogP contribution in [-0.4, -0.2) is 21.1 Å². The fourth-order valence-electron chi connectivity index (χ4n) is 2.09. The first-order valence-electron chi connectivity index (χ1n) is 7.08. The SMILES string of the molecule is O=C(Nc1ccc(NCc2cccnc2)nn1)C1CCC1. The Kier molecular flexibility index (Phi) is 4.04. The third-order valence-corrected chi connectivity index (χ3v) is 3.59. The first-order valence-corrected chi connectivity index (χ1v) is 7.08. The largest absolute Gasteiger partial charge is 0.364 e. The number of carbonyl (C=O) groups is 1. The van der Waals surface area contributed by atoms with Gasteiger partial charge in [0, 0.05) is 24.9 Å². The van der Waals surface area contributed by atoms with Crippen molar-refractivity contribution < 1.29 is 4.79 Å². The molecule has 21 heavy (non-hydrogen) atoms. The topological polar surface area (TPSA) is 79.8 Å². The number of anilines is 2. The number of hydrogen-bond acceptors (Lipinski definition) is 5. The third-order valence-electron chi connectivity index (χ3n) is 3.59. The molecule has 0 atom stereocenters. The van der Waals surface area contributed by atoms with E-state index in [1.165, 1.54) is 0 Å². The Bertz CT molecular complexity index is 595. The molecule has 0 spiro atoms. The molecule has 1 amide bonds. The number of aromatic nitrogens is 3. The van der Waals surface area contributed by atoms with Crippen LogP contribution in [0.25, 0.3) is 0 Å². The minimum atomic E-state index is 0.0478. The molecule has 0 unspecified atom stereocenters. The maximum absolute atomic E-state index is 11.8. The van der Waals surface area contributed by atoms with Crippen molar-refractivity contribution in [3.63, 3.8) is 0 Å². The van der Waals surface area contributed by atoms with E-state index in [0.717, 1.165) is 24.8 Å². The van der Waals surface area contributed by atoms with Crippen LogP contribution in [0.3, 0.4) is 0 Å². The monoisotopic (exact) mass is 283 g/mol. The van der Waals surface area contributed by atoms with Gasteiger partial charge in [-0.25, -0.2) is 0 Å². The fraction of sp³-hybridized carbons (Fsp3) is 0.333. The molecule has 0 aliphatic heterocycles. The first-order chi connectivity index (χ1) is 10.3. The Hall–Kier alpha value is -2.50. The highest BCUT2D eigenvalue weighted by atomic mass is 16.2. The van der Waals surface area contributed by atoms with Gasteiger partial charge in [0.15, 0.2) is 5.82 Å². The lowest BCUT2D eigenvalue weighted by Crippen LogP contribution is -2.28. The Morgan fingerprint density at radius 2 is 2.00 bits per heavy atom. The summed E-state index contributed by atoms with van der Waals surface area (Å²) in [5, 5.41) is 14.0. The Morgan fingerprint density at radius 3 is 2.62 bits per heavy atom. The van der Waals surface area contributed by atoms with Crippen LogP contribution in [0.1, 0.15) is 24.8 Å². The van der Waals surface area contributed by atoms with Crippen LogP contribution in [0.5, 0.6) is 0 Å². The molecule has 2 N–H and O–H groups in total. The molecule has 6 heteroatoms. The minimum absolute atomic E-state index is 0.0478. The van der Waals surface area contributed by atoms with E-state index in [-0.39, 0.29) is 11.8 Å². The molecule has 2 aromatic heterocycles. The second kappa shape index (κ2) is 6.30. The molecule has 0 bridgehead atoms. The number of nitrogens with one attached hydrogen (secondary N) is 2. The van der Waals surface area contributed by atoms with Gasteiger partial charge < -0.3 is 10.6 Å². The predicted octanol–water partition coefficient (Wildman–Crippen LogP) is 2.22. The van der Waals surface area contributed by atoms with Gasteiger partial charge in [0.1, 0.15) is 5.82 Å². The van der Waals surface area contributed by atoms with E-state index in [1.54, 1.807) is 24.5 Å². The van der Waals surface area contributed by atoms with Crippen LogP contribution >= 0.6 is 0 Å². The standard InChI is InChI=1S/C15H17N5O/c21-15(12-4-1-5-12)18-14-7-6-13(19-20-14)17-10-11-3-2-8-16-9-11/h2-3,6-9,12H,1,4-5,10H2,(H,17,19)(H,18,20,21). The highest BCUT2D eigenvalue weighted by molar-refractivity contribution is 5.92. The van der Waals surface area contributed by atoms with Crippen molar-refractivity contribution in [1.29, 1.82) is 0 Å². The summed E-state index contributed by atoms with van der Waals surface area (Å²) in [5.41, 5.74) is 1.07. The van der Waals surface area contributed by atoms with Crippen LogP contribution in [-0.2, 0) is 11.3 Å². The van der Waals surface area contributed by atoms with Gasteiger partial charge in [0.25, 0.3) is 0 Å². The van der Waals surface area contributed by atoms with Gasteiger partial charge in [-0.2, -0.15) is 0 Å². The molecule has 0 aromatic carbocycles. The summed E-state index contributed by atoms with van der Waals surface area (Å²) in [6.45, 7) is 0.635. The van der Waals surface area contributed by atoms with E-state index >= 15 is 0 Å². The maximum atomic E-state index is 11.8. The molecule has 6 nitrogen and oxygen atoms in total. The van der Waals surface area contributed by atoms with Crippen molar-refractivity contribution in [3.05, 3.63) is 42.2 Å². The zero-order valence-electron chi connectivity index (χ0n) is 11.6. The summed E-state index contributed by atoms with van der Waals surface area (Å²) in [6.07, 6.45) is 6.63. The highest BCUT2D eigenvalue weighted by Gasteiger charge is 2.25. The summed E-state index contributed by atoms with van der Waals surface area (Å²) in [6, 6.07) is 7.44. The van der Waals surface area contributed by atoms with Crippen LogP contribution < -0.4 is 10.6 Å². The smallest absolute Gasteiger partial charge is 0.228 e. The molecule has 1 aliphatic carbocycles. The molecule has 2 heterocycles. The normalized spacial score (nSPS) is 14.3. The van der Waals surface area contributed by atoms with Crippen molar-refractivity contribution in [2.75, 3.05) is 10.6 Å². The predicted molar refractivity (Wildman–Crippen MR) is 79.6 cm³/mol. The lowest BCUT2D eigenvalue weighted by molar-refractivity contribution is -0.122. The van der Waals surface area contributed by atoms with E-state index in [9.17, 15) is 4.79 Å². The summed E-state index contributed by atoms with van der Waals surface area (Å²) in [4.78, 5) is 15.8. The number of rotatable bonds is 5. The van der Waals surface area contributed by atoms with E-state index in [1.807, 2.05) is 12.1 Å². The summed E-state index contributed by atoms with van der Waals surface area (Å²) >= 11 is 0. The fourth-order valence-corrected chi connectivity index (χ4v) is 2.09. The first kappa shape index (κ1) is 13.5. The number of pyridine rings is 1. The molecule has 3 rings (SSSR count). The van der Waals surface area contributed by atoms with E-state index < -0.39 is 0 Å². The second-order valence-corrected chi connectivity index (χ2v) is 5.14. The van der Waals surface area contributed by atoms with Crippen LogP contribution in [0.4, 0.5) is 11.6 Å². The van der Waals surface area contributed by atoms with Gasteiger partial charge in [-0.1, -0.05) is 12.5 Å². The second-order valence-electron chi connectivity index (χ2n) is 5.14. The summed E-state index contributed by atoms with van der Waals surface area (Å²) in [7, 11) is 0. The van der Waals surface area contributed by atoms with Gasteiger partial charge in [-0.15, -0.1) is 10.2 Å². The van der Waals surface area contributed by atoms with E-state index in [0.29, 0.717) is 18.2 Å². The summed E-state index contributed by atoms with van der Waals surface area (Å²) in [5.74, 6) is 1.36. The zero-order chi connectivity index (χ0) is 14.5. The van der Waals surface area contributed by atoms with Gasteiger partial charge in [-0.3, -0.25) is 9.78 Å². The Morgan fingerprint density at radius 1 is 1.19 bits per heavy atom. The van der Waals surface area contributed by atoms with Crippen molar-refractivity contribution in [1.82, 2.24) is 15.2 Å². The average Bonchev–Trinajstić information content (AvgIpc) is 2.46. The van der Waals surface area contributed by atoms with Crippen molar-refractivity contribution in [2.24, 2.45) is 5.92 Å². The van der Waals surface area contributed by atoms with Gasteiger partial charge in [0.2, 0.25) is 5.91 Å². The van der Waals surface area contributed by atoms with E-state index in [4.69, 9.17) is 0 Å². The van der Waals surface area contributed by atoms with Crippen LogP contribution in [0, 0.1) is 5.92 Å². The van der Waals surface area contributed by atoms with Crippen LogP contribution in [0.15, 0.2) is 36.7 Å². The average molecular weight is 283 g/mol. The maximum Gasteiger partial charge on any atom is 0.228 e. The lowest BCUT2D eigenvalue weighted by atomic mass is 9.85. The number of amides is 1. The van der Waals surface area contributed by atoms with Crippen LogP contribution in [0.2, 0.25) is 0 Å². The Balaban J connectivity index is 1.52. The van der Waals surface area contributed by atoms with Gasteiger partial charge in [-0.05, 0) is 36.6 Å².